The molecule has 0 N–H and O–H groups in total. The lowest BCUT2D eigenvalue weighted by Gasteiger charge is -2.29. The summed E-state index contributed by atoms with van der Waals surface area (Å²) in [6, 6.07) is 61.7. The van der Waals surface area contributed by atoms with Crippen LogP contribution in [0.3, 0.4) is 0 Å². The Labute approximate surface area is 540 Å². The summed E-state index contributed by atoms with van der Waals surface area (Å²) in [4.78, 5) is 0. The molecule has 0 spiro atoms. The van der Waals surface area contributed by atoms with Gasteiger partial charge in [-0.05, 0) is 213 Å². The topological polar surface area (TPSA) is 36.9 Å². The van der Waals surface area contributed by atoms with E-state index in [1.807, 2.05) is 0 Å². The Hall–Kier alpha value is -9.12. The lowest BCUT2D eigenvalue weighted by Crippen LogP contribution is -2.11. The first-order valence-electron chi connectivity index (χ1n) is 33.6. The molecule has 0 bridgehead atoms. The molecule has 458 valence electrons. The van der Waals surface area contributed by atoms with E-state index in [-0.39, 0.29) is 21.7 Å². The summed E-state index contributed by atoms with van der Waals surface area (Å²) in [5.41, 5.74) is 11.1. The molecule has 0 radical (unpaired) electrons. The Bertz CT molecular complexity index is 5280. The third kappa shape index (κ3) is 8.47. The second kappa shape index (κ2) is 20.2. The number of hydrogen-bond acceptors (Lipinski definition) is 4. The highest BCUT2D eigenvalue weighted by Gasteiger charge is 2.35. The van der Waals surface area contributed by atoms with E-state index in [2.05, 4.69) is 269 Å². The largest absolute Gasteiger partial charge is 0.493 e. The van der Waals surface area contributed by atoms with Crippen LogP contribution >= 0.6 is 0 Å². The minimum atomic E-state index is -0.0797. The first-order valence-corrected chi connectivity index (χ1v) is 33.6. The molecule has 16 aromatic carbocycles. The SMILES string of the molecule is CCOc1cc2ccc3cc(C(C)(C)C)cc4ccc(c1-c1c(OCC)c(-c5c(OCC)c(-c6c(OCC)cc7ccc8cc(C(C)(C)C)cc9ccc6c7c89)c6ccc7cc(C(C)(C)C)cc8ccc5c6c78)c5ccc6cc(C(C)(C)C)cc7ccc1c5c76)c2c34. The smallest absolute Gasteiger partial charge is 0.136 e. The highest BCUT2D eigenvalue weighted by atomic mass is 16.5. The van der Waals surface area contributed by atoms with E-state index < -0.39 is 0 Å². The van der Waals surface area contributed by atoms with Crippen LogP contribution in [0.5, 0.6) is 23.0 Å². The molecule has 0 saturated carbocycles. The average Bonchev–Trinajstić information content (AvgIpc) is 0.694. The lowest BCUT2D eigenvalue weighted by atomic mass is 9.77. The zero-order chi connectivity index (χ0) is 64.0. The van der Waals surface area contributed by atoms with E-state index in [4.69, 9.17) is 18.9 Å². The van der Waals surface area contributed by atoms with Gasteiger partial charge in [-0.3, -0.25) is 0 Å². The van der Waals surface area contributed by atoms with E-state index in [9.17, 15) is 0 Å². The first-order chi connectivity index (χ1) is 44.0. The van der Waals surface area contributed by atoms with Gasteiger partial charge in [0.15, 0.2) is 0 Å². The summed E-state index contributed by atoms with van der Waals surface area (Å²) >= 11 is 0. The van der Waals surface area contributed by atoms with Gasteiger partial charge in [-0.2, -0.15) is 0 Å². The van der Waals surface area contributed by atoms with Gasteiger partial charge in [0.2, 0.25) is 0 Å². The molecular weight excluding hydrogens is 1120 g/mol. The highest BCUT2D eigenvalue weighted by molar-refractivity contribution is 6.38. The van der Waals surface area contributed by atoms with Crippen LogP contribution in [0.25, 0.3) is 163 Å². The molecule has 0 aliphatic carbocycles. The average molecular weight is 1200 g/mol. The van der Waals surface area contributed by atoms with E-state index in [1.165, 1.54) is 108 Å². The number of hydrogen-bond donors (Lipinski definition) is 0. The fourth-order valence-corrected chi connectivity index (χ4v) is 16.0. The van der Waals surface area contributed by atoms with Gasteiger partial charge in [0, 0.05) is 33.4 Å². The Morgan fingerprint density at radius 1 is 0.217 bits per heavy atom. The monoisotopic (exact) mass is 1200 g/mol. The maximum atomic E-state index is 7.70. The quantitative estimate of drug-likeness (QED) is 0.121. The van der Waals surface area contributed by atoms with Gasteiger partial charge < -0.3 is 18.9 Å². The number of benzene rings is 16. The Morgan fingerprint density at radius 2 is 0.413 bits per heavy atom. The van der Waals surface area contributed by atoms with E-state index >= 15 is 0 Å². The fourth-order valence-electron chi connectivity index (χ4n) is 16.0. The Morgan fingerprint density at radius 3 is 0.641 bits per heavy atom. The molecule has 0 aliphatic heterocycles. The van der Waals surface area contributed by atoms with Gasteiger partial charge in [-0.25, -0.2) is 0 Å². The van der Waals surface area contributed by atoms with Crippen molar-refractivity contribution in [1.82, 2.24) is 0 Å². The van der Waals surface area contributed by atoms with Crippen molar-refractivity contribution in [3.05, 3.63) is 180 Å². The summed E-state index contributed by atoms with van der Waals surface area (Å²) in [6.45, 7) is 38.1. The molecule has 16 aromatic rings. The van der Waals surface area contributed by atoms with E-state index in [0.29, 0.717) is 26.4 Å². The second-order valence-corrected chi connectivity index (χ2v) is 30.3. The zero-order valence-electron chi connectivity index (χ0n) is 56.5. The molecule has 4 nitrogen and oxygen atoms in total. The van der Waals surface area contributed by atoms with Crippen molar-refractivity contribution in [3.8, 4) is 56.4 Å². The summed E-state index contributed by atoms with van der Waals surface area (Å²) < 4.78 is 29.6. The number of ether oxygens (including phenoxy) is 4. The van der Waals surface area contributed by atoms with Crippen LogP contribution in [-0.2, 0) is 21.7 Å². The van der Waals surface area contributed by atoms with Crippen molar-refractivity contribution >= 4 is 129 Å². The molecule has 0 aliphatic rings. The number of rotatable bonds is 11. The van der Waals surface area contributed by atoms with Crippen LogP contribution in [0.15, 0.2) is 158 Å². The van der Waals surface area contributed by atoms with Crippen molar-refractivity contribution in [2.75, 3.05) is 26.4 Å². The molecule has 0 atom stereocenters. The molecule has 0 aromatic heterocycles. The molecule has 0 amide bonds. The molecule has 4 heteroatoms. The summed E-state index contributed by atoms with van der Waals surface area (Å²) in [7, 11) is 0. The molecule has 0 heterocycles. The van der Waals surface area contributed by atoms with Gasteiger partial charge in [-0.15, -0.1) is 0 Å². The maximum Gasteiger partial charge on any atom is 0.136 e. The van der Waals surface area contributed by atoms with Crippen LogP contribution in [0.2, 0.25) is 0 Å². The van der Waals surface area contributed by atoms with Gasteiger partial charge in [-0.1, -0.05) is 229 Å². The van der Waals surface area contributed by atoms with Crippen LogP contribution in [0, 0.1) is 0 Å². The maximum absolute atomic E-state index is 7.70. The molecule has 0 unspecified atom stereocenters. The summed E-state index contributed by atoms with van der Waals surface area (Å²) in [5, 5.41) is 28.6. The van der Waals surface area contributed by atoms with Crippen molar-refractivity contribution in [1.29, 1.82) is 0 Å². The normalized spacial score (nSPS) is 13.2. The molecule has 0 fully saturated rings. The minimum Gasteiger partial charge on any atom is -0.493 e. The standard InChI is InChI=1S/C88H82O4/c1-17-89-67-45-55-23-21-47-37-57(85(5,6)7)39-49-25-31-61(73(55)69(47)49)77(67)79-63-33-27-51-41-59(87(11,12)13)43-53-29-35-65(75(63)71(51)53)81(83(79)91-19-3)82-66-36-30-54-44-60(88(14,15)16)42-52-28-34-64(76(66)72(52)54)80(84(82)92-20-4)78-62-32-26-50-40-58(86(8,9)10)38-48-22-24-56(74(62)70(48)50)46-68(78)90-18-2/h21-46H,17-20H2,1-16H3. The zero-order valence-corrected chi connectivity index (χ0v) is 56.5. The first kappa shape index (κ1) is 58.0. The van der Waals surface area contributed by atoms with Crippen molar-refractivity contribution in [2.45, 2.75) is 132 Å². The van der Waals surface area contributed by atoms with Gasteiger partial charge in [0.25, 0.3) is 0 Å². The minimum absolute atomic E-state index is 0.0301. The fraction of sp³-hybridized carbons (Fsp3) is 0.273. The molecular formula is C88H82O4. The second-order valence-electron chi connectivity index (χ2n) is 30.3. The van der Waals surface area contributed by atoms with Crippen molar-refractivity contribution < 1.29 is 18.9 Å². The van der Waals surface area contributed by atoms with Crippen molar-refractivity contribution in [3.63, 3.8) is 0 Å². The van der Waals surface area contributed by atoms with Crippen LogP contribution in [0.1, 0.15) is 133 Å². The third-order valence-corrected chi connectivity index (χ3v) is 20.4. The lowest BCUT2D eigenvalue weighted by molar-refractivity contribution is 0.335. The molecule has 0 saturated heterocycles. The van der Waals surface area contributed by atoms with Crippen molar-refractivity contribution in [2.24, 2.45) is 0 Å². The van der Waals surface area contributed by atoms with Gasteiger partial charge in [0.1, 0.15) is 23.0 Å². The predicted molar refractivity (Wildman–Crippen MR) is 397 cm³/mol. The Balaban J connectivity index is 1.15. The van der Waals surface area contributed by atoms with Crippen LogP contribution < -0.4 is 18.9 Å². The predicted octanol–water partition coefficient (Wildman–Crippen LogP) is 25.1. The summed E-state index contributed by atoms with van der Waals surface area (Å²) in [5.74, 6) is 3.25. The van der Waals surface area contributed by atoms with Gasteiger partial charge >= 0.3 is 0 Å². The highest BCUT2D eigenvalue weighted by Crippen LogP contribution is 2.62. The van der Waals surface area contributed by atoms with E-state index in [1.54, 1.807) is 0 Å². The Kier molecular flexibility index (Phi) is 12.7. The summed E-state index contributed by atoms with van der Waals surface area (Å²) in [6.07, 6.45) is 0. The van der Waals surface area contributed by atoms with Crippen LogP contribution in [-0.4, -0.2) is 26.4 Å². The molecule has 16 rings (SSSR count). The van der Waals surface area contributed by atoms with Gasteiger partial charge in [0.05, 0.1) is 26.4 Å². The van der Waals surface area contributed by atoms with E-state index in [0.717, 1.165) is 99.5 Å². The molecule has 92 heavy (non-hydrogen) atoms. The van der Waals surface area contributed by atoms with Crippen LogP contribution in [0.4, 0.5) is 0 Å². The third-order valence-electron chi connectivity index (χ3n) is 20.4.